The number of ether oxygens (including phenoxy) is 1. The second-order valence-electron chi connectivity index (χ2n) is 8.43. The molecule has 0 atom stereocenters. The highest BCUT2D eigenvalue weighted by atomic mass is 19.1. The fourth-order valence-corrected chi connectivity index (χ4v) is 3.69. The van der Waals surface area contributed by atoms with Crippen molar-refractivity contribution in [1.82, 2.24) is 29.4 Å². The van der Waals surface area contributed by atoms with Crippen LogP contribution in [0.4, 0.5) is 4.39 Å². The Balaban J connectivity index is 1.79. The number of nitrogens with zero attached hydrogens (tertiary/aromatic N) is 6. The molecule has 4 aromatic rings. The van der Waals surface area contributed by atoms with E-state index in [1.54, 1.807) is 6.20 Å². The summed E-state index contributed by atoms with van der Waals surface area (Å²) in [6.45, 7) is 5.95. The van der Waals surface area contributed by atoms with E-state index >= 15 is 0 Å². The number of hydrogen-bond donors (Lipinski definition) is 0. The van der Waals surface area contributed by atoms with Gasteiger partial charge in [0.05, 0.1) is 25.0 Å². The van der Waals surface area contributed by atoms with Crippen LogP contribution in [0.1, 0.15) is 36.6 Å². The van der Waals surface area contributed by atoms with E-state index in [1.165, 1.54) is 17.8 Å². The number of imidazole rings is 1. The normalized spacial score (nSPS) is 11.5. The van der Waals surface area contributed by atoms with Crippen molar-refractivity contribution in [2.24, 2.45) is 0 Å². The van der Waals surface area contributed by atoms with Crippen molar-refractivity contribution < 1.29 is 9.13 Å². The zero-order valence-corrected chi connectivity index (χ0v) is 19.5. The molecule has 1 aromatic carbocycles. The summed E-state index contributed by atoms with van der Waals surface area (Å²) in [5.41, 5.74) is 4.96. The number of pyridine rings is 1. The highest BCUT2D eigenvalue weighted by Gasteiger charge is 2.19. The summed E-state index contributed by atoms with van der Waals surface area (Å²) in [5, 5.41) is 0. The number of benzene rings is 1. The molecule has 0 radical (unpaired) electrons. The summed E-state index contributed by atoms with van der Waals surface area (Å²) in [6.07, 6.45) is 4.76. The van der Waals surface area contributed by atoms with E-state index in [0.29, 0.717) is 41.7 Å². The number of aromatic nitrogens is 5. The minimum Gasteiger partial charge on any atom is -0.463 e. The van der Waals surface area contributed by atoms with Crippen LogP contribution in [-0.2, 0) is 13.1 Å². The smallest absolute Gasteiger partial charge is 0.318 e. The van der Waals surface area contributed by atoms with E-state index in [9.17, 15) is 4.39 Å². The highest BCUT2D eigenvalue weighted by molar-refractivity contribution is 5.79. The summed E-state index contributed by atoms with van der Waals surface area (Å²) in [6, 6.07) is 10.2. The van der Waals surface area contributed by atoms with Crippen molar-refractivity contribution in [3.8, 4) is 17.4 Å². The molecular weight excluding hydrogens is 419 g/mol. The molecule has 7 nitrogen and oxygen atoms in total. The van der Waals surface area contributed by atoms with E-state index < -0.39 is 5.82 Å². The maximum atomic E-state index is 14.0. The molecule has 0 saturated heterocycles. The third kappa shape index (κ3) is 5.34. The van der Waals surface area contributed by atoms with Crippen LogP contribution in [0.15, 0.2) is 42.7 Å². The second kappa shape index (κ2) is 10.0. The van der Waals surface area contributed by atoms with Crippen LogP contribution in [0.2, 0.25) is 0 Å². The van der Waals surface area contributed by atoms with Gasteiger partial charge in [0.15, 0.2) is 5.65 Å². The molecule has 0 amide bonds. The van der Waals surface area contributed by atoms with Crippen LogP contribution < -0.4 is 4.74 Å². The van der Waals surface area contributed by atoms with Crippen molar-refractivity contribution in [2.75, 3.05) is 20.7 Å². The Labute approximate surface area is 193 Å². The second-order valence-corrected chi connectivity index (χ2v) is 8.43. The fourth-order valence-electron chi connectivity index (χ4n) is 3.69. The van der Waals surface area contributed by atoms with Crippen LogP contribution in [0.25, 0.3) is 22.6 Å². The lowest BCUT2D eigenvalue weighted by Gasteiger charge is -2.12. The molecular formula is C25H29FN6O. The number of aryl methyl sites for hydroxylation is 1. The van der Waals surface area contributed by atoms with Gasteiger partial charge in [0.1, 0.15) is 17.2 Å². The van der Waals surface area contributed by atoms with Crippen molar-refractivity contribution in [2.45, 2.75) is 39.8 Å². The predicted octanol–water partition coefficient (Wildman–Crippen LogP) is 4.62. The highest BCUT2D eigenvalue weighted by Crippen LogP contribution is 2.27. The fraction of sp³-hybridized carbons (Fsp3) is 0.360. The summed E-state index contributed by atoms with van der Waals surface area (Å²) in [7, 11) is 4.10. The minimum atomic E-state index is -0.412. The molecule has 33 heavy (non-hydrogen) atoms. The predicted molar refractivity (Wildman–Crippen MR) is 127 cm³/mol. The summed E-state index contributed by atoms with van der Waals surface area (Å²) >= 11 is 0. The number of fused-ring (bicyclic) bond motifs is 1. The number of unbranched alkanes of at least 4 members (excludes halogenated alkanes) is 1. The van der Waals surface area contributed by atoms with Crippen LogP contribution in [0.3, 0.4) is 0 Å². The van der Waals surface area contributed by atoms with Crippen molar-refractivity contribution in [3.63, 3.8) is 0 Å². The van der Waals surface area contributed by atoms with Crippen LogP contribution in [-0.4, -0.2) is 50.1 Å². The van der Waals surface area contributed by atoms with Gasteiger partial charge in [-0.15, -0.1) is 0 Å². The average molecular weight is 449 g/mol. The molecule has 0 bridgehead atoms. The van der Waals surface area contributed by atoms with E-state index in [0.717, 1.165) is 30.6 Å². The van der Waals surface area contributed by atoms with Gasteiger partial charge in [-0.3, -0.25) is 4.98 Å². The largest absolute Gasteiger partial charge is 0.463 e. The van der Waals surface area contributed by atoms with Gasteiger partial charge < -0.3 is 14.2 Å². The molecule has 0 aliphatic rings. The lowest BCUT2D eigenvalue weighted by atomic mass is 10.1. The zero-order chi connectivity index (χ0) is 23.4. The van der Waals surface area contributed by atoms with Gasteiger partial charge in [0.2, 0.25) is 0 Å². The molecule has 0 N–H and O–H groups in total. The van der Waals surface area contributed by atoms with Crippen LogP contribution in [0.5, 0.6) is 6.01 Å². The Kier molecular flexibility index (Phi) is 6.93. The van der Waals surface area contributed by atoms with Crippen molar-refractivity contribution >= 4 is 11.2 Å². The molecule has 8 heteroatoms. The average Bonchev–Trinajstić information content (AvgIpc) is 3.14. The minimum absolute atomic E-state index is 0.333. The number of halogens is 1. The van der Waals surface area contributed by atoms with E-state index in [1.807, 2.05) is 25.6 Å². The Morgan fingerprint density at radius 2 is 1.79 bits per heavy atom. The lowest BCUT2D eigenvalue weighted by molar-refractivity contribution is 0.285. The Bertz CT molecular complexity index is 1240. The third-order valence-electron chi connectivity index (χ3n) is 5.30. The van der Waals surface area contributed by atoms with Crippen molar-refractivity contribution in [3.05, 3.63) is 65.4 Å². The van der Waals surface area contributed by atoms with Crippen molar-refractivity contribution in [1.29, 1.82) is 0 Å². The van der Waals surface area contributed by atoms with E-state index in [4.69, 9.17) is 9.72 Å². The van der Waals surface area contributed by atoms with Gasteiger partial charge in [-0.2, -0.15) is 9.97 Å². The summed E-state index contributed by atoms with van der Waals surface area (Å²) in [4.78, 5) is 20.1. The van der Waals surface area contributed by atoms with Crippen LogP contribution in [0, 0.1) is 12.7 Å². The molecule has 3 heterocycles. The molecule has 0 aliphatic carbocycles. The topological polar surface area (TPSA) is 69.0 Å². The SMILES string of the molecule is CCCCOc1nc(C)c2nc(-c3cncc(F)c3)n(Cc3ccc(CN(C)C)cc3)c2n1. The molecule has 0 aliphatic heterocycles. The third-order valence-corrected chi connectivity index (χ3v) is 5.30. The standard InChI is InChI=1S/C25H29FN6O/c1-5-6-11-33-25-28-17(2)22-24(30-25)32(23(29-22)20-12-21(26)14-27-13-20)16-19-9-7-18(8-10-19)15-31(3)4/h7-10,12-14H,5-6,11,15-16H2,1-4H3. The Hall–Kier alpha value is -3.39. The molecule has 0 fully saturated rings. The maximum absolute atomic E-state index is 14.0. The number of rotatable bonds is 9. The molecule has 3 aromatic heterocycles. The molecule has 4 rings (SSSR count). The first-order valence-corrected chi connectivity index (χ1v) is 11.2. The summed E-state index contributed by atoms with van der Waals surface area (Å²) in [5.74, 6) is 0.183. The van der Waals surface area contributed by atoms with Gasteiger partial charge in [0, 0.05) is 18.3 Å². The van der Waals surface area contributed by atoms with Crippen LogP contribution >= 0.6 is 0 Å². The monoisotopic (exact) mass is 448 g/mol. The first kappa shape index (κ1) is 22.8. The number of hydrogen-bond acceptors (Lipinski definition) is 6. The van der Waals surface area contributed by atoms with E-state index in [2.05, 4.69) is 51.0 Å². The molecule has 172 valence electrons. The van der Waals surface area contributed by atoms with Gasteiger partial charge >= 0.3 is 6.01 Å². The first-order chi connectivity index (χ1) is 15.9. The Morgan fingerprint density at radius 3 is 2.48 bits per heavy atom. The maximum Gasteiger partial charge on any atom is 0.318 e. The molecule has 0 unspecified atom stereocenters. The summed E-state index contributed by atoms with van der Waals surface area (Å²) < 4.78 is 21.7. The van der Waals surface area contributed by atoms with Gasteiger partial charge in [-0.1, -0.05) is 37.6 Å². The quantitative estimate of drug-likeness (QED) is 0.348. The van der Waals surface area contributed by atoms with Gasteiger partial charge in [-0.05, 0) is 44.6 Å². The lowest BCUT2D eigenvalue weighted by Crippen LogP contribution is -2.10. The molecule has 0 spiro atoms. The van der Waals surface area contributed by atoms with Gasteiger partial charge in [-0.25, -0.2) is 9.37 Å². The zero-order valence-electron chi connectivity index (χ0n) is 19.5. The molecule has 0 saturated carbocycles. The van der Waals surface area contributed by atoms with E-state index in [-0.39, 0.29) is 0 Å². The first-order valence-electron chi connectivity index (χ1n) is 11.2. The van der Waals surface area contributed by atoms with Gasteiger partial charge in [0.25, 0.3) is 0 Å². The Morgan fingerprint density at radius 1 is 1.03 bits per heavy atom.